The van der Waals surface area contributed by atoms with E-state index in [0.29, 0.717) is 13.0 Å². The maximum absolute atomic E-state index is 12.1. The highest BCUT2D eigenvalue weighted by Gasteiger charge is 2.25. The summed E-state index contributed by atoms with van der Waals surface area (Å²) in [7, 11) is 1.88. The zero-order valence-corrected chi connectivity index (χ0v) is 12.9. The topological polar surface area (TPSA) is 67.2 Å². The quantitative estimate of drug-likeness (QED) is 0.923. The third-order valence-corrected chi connectivity index (χ3v) is 3.84. The van der Waals surface area contributed by atoms with Crippen LogP contribution in [0, 0.1) is 13.8 Å². The van der Waals surface area contributed by atoms with Crippen molar-refractivity contribution in [2.24, 2.45) is 7.05 Å². The molecule has 0 atom stereocenters. The average Bonchev–Trinajstić information content (AvgIpc) is 2.79. The minimum atomic E-state index is -0.366. The summed E-state index contributed by atoms with van der Waals surface area (Å²) in [4.78, 5) is 25.0. The van der Waals surface area contributed by atoms with E-state index in [2.05, 4.69) is 10.4 Å². The van der Waals surface area contributed by atoms with Crippen LogP contribution in [0.25, 0.3) is 11.3 Å². The van der Waals surface area contributed by atoms with Gasteiger partial charge in [0.15, 0.2) is 0 Å². The van der Waals surface area contributed by atoms with Crippen LogP contribution >= 0.6 is 0 Å². The first-order valence-electron chi connectivity index (χ1n) is 7.18. The first-order chi connectivity index (χ1) is 10.5. The van der Waals surface area contributed by atoms with E-state index in [1.165, 1.54) is 0 Å². The molecule has 0 radical (unpaired) electrons. The summed E-state index contributed by atoms with van der Waals surface area (Å²) in [6.45, 7) is 4.36. The number of urea groups is 1. The molecule has 22 heavy (non-hydrogen) atoms. The van der Waals surface area contributed by atoms with E-state index in [9.17, 15) is 9.59 Å². The molecule has 1 aliphatic rings. The number of nitrogens with zero attached hydrogens (tertiary/aromatic N) is 3. The summed E-state index contributed by atoms with van der Waals surface area (Å²) in [6, 6.07) is 5.57. The van der Waals surface area contributed by atoms with Crippen molar-refractivity contribution in [1.82, 2.24) is 15.1 Å². The second kappa shape index (κ2) is 5.29. The van der Waals surface area contributed by atoms with Crippen molar-refractivity contribution in [3.8, 4) is 11.3 Å². The van der Waals surface area contributed by atoms with Crippen LogP contribution in [0.5, 0.6) is 0 Å². The normalized spacial score (nSPS) is 15.1. The lowest BCUT2D eigenvalue weighted by Gasteiger charge is -2.28. The van der Waals surface area contributed by atoms with Gasteiger partial charge in [0.25, 0.3) is 0 Å². The van der Waals surface area contributed by atoms with Gasteiger partial charge in [0.05, 0.1) is 5.69 Å². The van der Waals surface area contributed by atoms with Crippen LogP contribution in [-0.2, 0) is 11.8 Å². The number of nitrogens with one attached hydrogen (secondary N) is 1. The van der Waals surface area contributed by atoms with Gasteiger partial charge in [-0.15, -0.1) is 0 Å². The number of aryl methyl sites for hydroxylation is 3. The predicted molar refractivity (Wildman–Crippen MR) is 83.6 cm³/mol. The summed E-state index contributed by atoms with van der Waals surface area (Å²) < 4.78 is 1.77. The Balaban J connectivity index is 2.02. The van der Waals surface area contributed by atoms with Gasteiger partial charge < -0.3 is 0 Å². The Bertz CT molecular complexity index is 764. The lowest BCUT2D eigenvalue weighted by Crippen LogP contribution is -2.49. The smallest absolute Gasteiger partial charge is 0.293 e. The molecule has 0 aliphatic carbocycles. The molecule has 3 amide bonds. The van der Waals surface area contributed by atoms with E-state index < -0.39 is 0 Å². The highest BCUT2D eigenvalue weighted by Crippen LogP contribution is 2.29. The molecule has 0 bridgehead atoms. The lowest BCUT2D eigenvalue weighted by molar-refractivity contribution is -0.120. The van der Waals surface area contributed by atoms with Crippen LogP contribution in [0.4, 0.5) is 10.5 Å². The highest BCUT2D eigenvalue weighted by molar-refractivity contribution is 6.06. The molecule has 1 aromatic heterocycles. The van der Waals surface area contributed by atoms with E-state index in [1.54, 1.807) is 9.58 Å². The molecule has 2 aromatic rings. The molecule has 114 valence electrons. The van der Waals surface area contributed by atoms with Crippen LogP contribution in [-0.4, -0.2) is 28.3 Å². The Kier molecular flexibility index (Phi) is 3.44. The molecule has 6 nitrogen and oxygen atoms in total. The number of benzene rings is 1. The number of aromatic nitrogens is 2. The number of anilines is 1. The van der Waals surface area contributed by atoms with Crippen molar-refractivity contribution >= 4 is 17.6 Å². The molecule has 3 rings (SSSR count). The number of hydrogen-bond acceptors (Lipinski definition) is 3. The Labute approximate surface area is 128 Å². The fourth-order valence-electron chi connectivity index (χ4n) is 2.73. The molecule has 1 fully saturated rings. The van der Waals surface area contributed by atoms with E-state index >= 15 is 0 Å². The van der Waals surface area contributed by atoms with E-state index in [1.807, 2.05) is 45.3 Å². The maximum atomic E-state index is 12.1. The van der Waals surface area contributed by atoms with Gasteiger partial charge in [-0.05, 0) is 31.0 Å². The van der Waals surface area contributed by atoms with Gasteiger partial charge in [-0.3, -0.25) is 19.7 Å². The van der Waals surface area contributed by atoms with Crippen molar-refractivity contribution in [2.75, 3.05) is 11.4 Å². The first-order valence-corrected chi connectivity index (χ1v) is 7.18. The van der Waals surface area contributed by atoms with Gasteiger partial charge in [0.2, 0.25) is 5.91 Å². The zero-order valence-electron chi connectivity index (χ0n) is 12.9. The standard InChI is InChI=1S/C16H18N4O2/c1-10-4-5-12(15-11(2)9-19(3)18-15)8-13(10)20-7-6-14(21)17-16(20)22/h4-5,8-9H,6-7H2,1-3H3,(H,17,21,22). The molecule has 2 heterocycles. The number of rotatable bonds is 2. The summed E-state index contributed by atoms with van der Waals surface area (Å²) >= 11 is 0. The molecule has 6 heteroatoms. The first kappa shape index (κ1) is 14.3. The van der Waals surface area contributed by atoms with Gasteiger partial charge in [0, 0.05) is 37.5 Å². The molecule has 0 saturated carbocycles. The van der Waals surface area contributed by atoms with Gasteiger partial charge in [-0.2, -0.15) is 5.10 Å². The fraction of sp³-hybridized carbons (Fsp3) is 0.312. The predicted octanol–water partition coefficient (Wildman–Crippen LogP) is 2.15. The van der Waals surface area contributed by atoms with Gasteiger partial charge >= 0.3 is 6.03 Å². The summed E-state index contributed by atoms with van der Waals surface area (Å²) in [5.74, 6) is -0.226. The monoisotopic (exact) mass is 298 g/mol. The van der Waals surface area contributed by atoms with Crippen molar-refractivity contribution in [2.45, 2.75) is 20.3 Å². The van der Waals surface area contributed by atoms with Crippen LogP contribution in [0.2, 0.25) is 0 Å². The Morgan fingerprint density at radius 3 is 2.59 bits per heavy atom. The third-order valence-electron chi connectivity index (χ3n) is 3.84. The number of carbonyl (C=O) groups is 2. The molecule has 1 aliphatic heterocycles. The van der Waals surface area contributed by atoms with Crippen molar-refractivity contribution < 1.29 is 9.59 Å². The second-order valence-corrected chi connectivity index (χ2v) is 5.59. The number of carbonyl (C=O) groups excluding carboxylic acids is 2. The summed E-state index contributed by atoms with van der Waals surface area (Å²) in [5.41, 5.74) is 4.74. The fourth-order valence-corrected chi connectivity index (χ4v) is 2.73. The van der Waals surface area contributed by atoms with E-state index in [0.717, 1.165) is 28.1 Å². The molecule has 0 spiro atoms. The maximum Gasteiger partial charge on any atom is 0.328 e. The summed E-state index contributed by atoms with van der Waals surface area (Å²) in [6.07, 6.45) is 2.28. The molecular formula is C16H18N4O2. The van der Waals surface area contributed by atoms with Crippen LogP contribution in [0.1, 0.15) is 17.5 Å². The van der Waals surface area contributed by atoms with Crippen molar-refractivity contribution in [3.05, 3.63) is 35.5 Å². The largest absolute Gasteiger partial charge is 0.328 e. The van der Waals surface area contributed by atoms with Crippen molar-refractivity contribution in [3.63, 3.8) is 0 Å². The van der Waals surface area contributed by atoms with Gasteiger partial charge in [0.1, 0.15) is 0 Å². The Morgan fingerprint density at radius 1 is 1.18 bits per heavy atom. The van der Waals surface area contributed by atoms with Gasteiger partial charge in [-0.1, -0.05) is 12.1 Å². The van der Waals surface area contributed by atoms with E-state index in [-0.39, 0.29) is 11.9 Å². The second-order valence-electron chi connectivity index (χ2n) is 5.59. The zero-order chi connectivity index (χ0) is 15.9. The highest BCUT2D eigenvalue weighted by atomic mass is 16.2. The third kappa shape index (κ3) is 2.47. The molecule has 1 saturated heterocycles. The average molecular weight is 298 g/mol. The van der Waals surface area contributed by atoms with E-state index in [4.69, 9.17) is 0 Å². The van der Waals surface area contributed by atoms with Crippen molar-refractivity contribution in [1.29, 1.82) is 0 Å². The Morgan fingerprint density at radius 2 is 1.95 bits per heavy atom. The lowest BCUT2D eigenvalue weighted by atomic mass is 10.0. The number of amides is 3. The minimum absolute atomic E-state index is 0.226. The van der Waals surface area contributed by atoms with Crippen LogP contribution in [0.15, 0.2) is 24.4 Å². The summed E-state index contributed by atoms with van der Waals surface area (Å²) in [5, 5.41) is 6.83. The molecule has 0 unspecified atom stereocenters. The molecule has 1 aromatic carbocycles. The minimum Gasteiger partial charge on any atom is -0.293 e. The van der Waals surface area contributed by atoms with Crippen LogP contribution < -0.4 is 10.2 Å². The van der Waals surface area contributed by atoms with Gasteiger partial charge in [-0.25, -0.2) is 4.79 Å². The Hall–Kier alpha value is -2.63. The SMILES string of the molecule is Cc1ccc(-c2nn(C)cc2C)cc1N1CCC(=O)NC1=O. The number of hydrogen-bond donors (Lipinski definition) is 1. The number of imide groups is 1. The molecular weight excluding hydrogens is 280 g/mol. The molecule has 1 N–H and O–H groups in total. The van der Waals surface area contributed by atoms with Crippen LogP contribution in [0.3, 0.4) is 0 Å².